The Labute approximate surface area is 136 Å². The molecule has 1 heterocycles. The summed E-state index contributed by atoms with van der Waals surface area (Å²) in [4.78, 5) is 25.3. The van der Waals surface area contributed by atoms with Crippen molar-refractivity contribution in [3.8, 4) is 0 Å². The lowest BCUT2D eigenvalue weighted by molar-refractivity contribution is -0.139. The number of hydrogen-bond donors (Lipinski definition) is 2. The molecule has 0 unspecified atom stereocenters. The zero-order valence-electron chi connectivity index (χ0n) is 12.8. The smallest absolute Gasteiger partial charge is 0.393 e. The van der Waals surface area contributed by atoms with Gasteiger partial charge in [0.2, 0.25) is 0 Å². The van der Waals surface area contributed by atoms with Gasteiger partial charge in [-0.05, 0) is 30.5 Å². The van der Waals surface area contributed by atoms with E-state index in [0.29, 0.717) is 18.4 Å². The Hall–Kier alpha value is -2.09. The second-order valence-electron chi connectivity index (χ2n) is 6.33. The molecular formula is C16H17F3N2O3. The molecular weight excluding hydrogens is 325 g/mol. The second kappa shape index (κ2) is 5.77. The van der Waals surface area contributed by atoms with Gasteiger partial charge in [0.1, 0.15) is 5.54 Å². The lowest BCUT2D eigenvalue weighted by atomic mass is 9.74. The molecule has 2 aliphatic rings. The zero-order valence-corrected chi connectivity index (χ0v) is 12.8. The van der Waals surface area contributed by atoms with Crippen molar-refractivity contribution in [2.24, 2.45) is 0 Å². The Balaban J connectivity index is 1.53. The van der Waals surface area contributed by atoms with Gasteiger partial charge in [-0.15, -0.1) is 0 Å². The number of benzene rings is 1. The summed E-state index contributed by atoms with van der Waals surface area (Å²) in [5.41, 5.74) is -0.945. The number of aliphatic hydroxyl groups excluding tert-OH is 1. The highest BCUT2D eigenvalue weighted by molar-refractivity contribution is 6.07. The molecule has 1 aliphatic heterocycles. The molecule has 0 atom stereocenters. The van der Waals surface area contributed by atoms with Gasteiger partial charge in [-0.2, -0.15) is 13.2 Å². The maximum Gasteiger partial charge on any atom is 0.416 e. The number of carbonyl (C=O) groups is 2. The number of halogens is 3. The third-order valence-electron chi connectivity index (χ3n) is 4.54. The summed E-state index contributed by atoms with van der Waals surface area (Å²) in [7, 11) is 0. The summed E-state index contributed by atoms with van der Waals surface area (Å²) in [6, 6.07) is 4.37. The van der Waals surface area contributed by atoms with E-state index in [0.717, 1.165) is 17.0 Å². The van der Waals surface area contributed by atoms with Crippen LogP contribution in [-0.4, -0.2) is 40.1 Å². The molecule has 1 aliphatic carbocycles. The first-order valence-corrected chi connectivity index (χ1v) is 7.70. The van der Waals surface area contributed by atoms with Crippen molar-refractivity contribution < 1.29 is 27.9 Å². The number of nitrogens with one attached hydrogen (secondary N) is 1. The van der Waals surface area contributed by atoms with Gasteiger partial charge in [0.25, 0.3) is 5.91 Å². The van der Waals surface area contributed by atoms with E-state index in [2.05, 4.69) is 5.32 Å². The molecule has 2 fully saturated rings. The predicted octanol–water partition coefficient (Wildman–Crippen LogP) is 2.08. The van der Waals surface area contributed by atoms with Gasteiger partial charge < -0.3 is 10.4 Å². The largest absolute Gasteiger partial charge is 0.416 e. The standard InChI is InChI=1S/C16H17F3N2O3/c17-16(18,19)11-5-3-10(4-6-11)2-1-7-21-13(23)15(20-14(21)24)8-12(22)9-15/h3-6,12,22H,1-2,7-9H2,(H,20,24). The van der Waals surface area contributed by atoms with Crippen LogP contribution in [0.25, 0.3) is 0 Å². The van der Waals surface area contributed by atoms with Crippen LogP contribution in [-0.2, 0) is 17.4 Å². The fourth-order valence-electron chi connectivity index (χ4n) is 3.20. The van der Waals surface area contributed by atoms with Gasteiger partial charge in [-0.1, -0.05) is 12.1 Å². The van der Waals surface area contributed by atoms with Crippen molar-refractivity contribution in [2.75, 3.05) is 6.54 Å². The van der Waals surface area contributed by atoms with Gasteiger partial charge in [-0.25, -0.2) is 4.79 Å². The van der Waals surface area contributed by atoms with Gasteiger partial charge >= 0.3 is 12.2 Å². The van der Waals surface area contributed by atoms with E-state index in [9.17, 15) is 27.9 Å². The van der Waals surface area contributed by atoms with Crippen molar-refractivity contribution >= 4 is 11.9 Å². The van der Waals surface area contributed by atoms with Crippen LogP contribution in [0, 0.1) is 0 Å². The molecule has 1 aromatic rings. The lowest BCUT2D eigenvalue weighted by Gasteiger charge is -2.39. The fourth-order valence-corrected chi connectivity index (χ4v) is 3.20. The first kappa shape index (κ1) is 16.8. The number of aliphatic hydroxyl groups is 1. The first-order chi connectivity index (χ1) is 11.2. The Kier molecular flexibility index (Phi) is 4.03. The Morgan fingerprint density at radius 3 is 2.38 bits per heavy atom. The van der Waals surface area contributed by atoms with Crippen molar-refractivity contribution in [2.45, 2.75) is 43.5 Å². The maximum atomic E-state index is 12.5. The quantitative estimate of drug-likeness (QED) is 0.823. The van der Waals surface area contributed by atoms with Crippen molar-refractivity contribution in [3.63, 3.8) is 0 Å². The number of urea groups is 1. The molecule has 130 valence electrons. The predicted molar refractivity (Wildman–Crippen MR) is 78.0 cm³/mol. The number of hydrogen-bond acceptors (Lipinski definition) is 3. The monoisotopic (exact) mass is 342 g/mol. The van der Waals surface area contributed by atoms with Crippen LogP contribution in [0.15, 0.2) is 24.3 Å². The Bertz CT molecular complexity index is 652. The van der Waals surface area contributed by atoms with Crippen LogP contribution in [0.1, 0.15) is 30.4 Å². The third kappa shape index (κ3) is 2.98. The molecule has 0 aromatic heterocycles. The minimum absolute atomic E-state index is 0.198. The van der Waals surface area contributed by atoms with Gasteiger partial charge in [-0.3, -0.25) is 9.69 Å². The summed E-state index contributed by atoms with van der Waals surface area (Å²) < 4.78 is 37.5. The van der Waals surface area contributed by atoms with E-state index in [-0.39, 0.29) is 25.3 Å². The van der Waals surface area contributed by atoms with Crippen LogP contribution in [0.3, 0.4) is 0 Å². The first-order valence-electron chi connectivity index (χ1n) is 7.70. The van der Waals surface area contributed by atoms with Crippen molar-refractivity contribution in [3.05, 3.63) is 35.4 Å². The average molecular weight is 342 g/mol. The van der Waals surface area contributed by atoms with Gasteiger partial charge in [0, 0.05) is 19.4 Å². The molecule has 8 heteroatoms. The topological polar surface area (TPSA) is 69.6 Å². The summed E-state index contributed by atoms with van der Waals surface area (Å²) in [6.45, 7) is 0.198. The summed E-state index contributed by atoms with van der Waals surface area (Å²) >= 11 is 0. The molecule has 1 spiro atoms. The van der Waals surface area contributed by atoms with Gasteiger partial charge in [0.15, 0.2) is 0 Å². The summed E-state index contributed by atoms with van der Waals surface area (Å²) in [5.74, 6) is -0.329. The molecule has 1 saturated heterocycles. The van der Waals surface area contributed by atoms with Crippen LogP contribution in [0.5, 0.6) is 0 Å². The highest BCUT2D eigenvalue weighted by Crippen LogP contribution is 2.37. The number of nitrogens with zero attached hydrogens (tertiary/aromatic N) is 1. The minimum atomic E-state index is -4.36. The highest BCUT2D eigenvalue weighted by Gasteiger charge is 2.58. The average Bonchev–Trinajstić information content (AvgIpc) is 2.71. The summed E-state index contributed by atoms with van der Waals surface area (Å²) in [5, 5.41) is 12.0. The van der Waals surface area contributed by atoms with Crippen LogP contribution in [0.2, 0.25) is 0 Å². The number of rotatable bonds is 4. The molecule has 5 nitrogen and oxygen atoms in total. The zero-order chi connectivity index (χ0) is 17.5. The van der Waals surface area contributed by atoms with E-state index in [1.54, 1.807) is 0 Å². The van der Waals surface area contributed by atoms with E-state index in [1.165, 1.54) is 12.1 Å². The van der Waals surface area contributed by atoms with Crippen LogP contribution >= 0.6 is 0 Å². The second-order valence-corrected chi connectivity index (χ2v) is 6.33. The van der Waals surface area contributed by atoms with Crippen molar-refractivity contribution in [1.82, 2.24) is 10.2 Å². The lowest BCUT2D eigenvalue weighted by Crippen LogP contribution is -2.59. The van der Waals surface area contributed by atoms with Gasteiger partial charge in [0.05, 0.1) is 11.7 Å². The molecule has 2 N–H and O–H groups in total. The normalized spacial score (nSPS) is 26.7. The molecule has 0 bridgehead atoms. The third-order valence-corrected chi connectivity index (χ3v) is 4.54. The van der Waals surface area contributed by atoms with E-state index < -0.39 is 29.4 Å². The summed E-state index contributed by atoms with van der Waals surface area (Å²) in [6.07, 6.45) is -3.55. The minimum Gasteiger partial charge on any atom is -0.393 e. The SMILES string of the molecule is O=C1NC2(CC(O)C2)C(=O)N1CCCc1ccc(C(F)(F)F)cc1. The number of amides is 3. The fraction of sp³-hybridized carbons (Fsp3) is 0.500. The Morgan fingerprint density at radius 1 is 1.21 bits per heavy atom. The number of aryl methyl sites for hydroxylation is 1. The molecule has 3 amide bonds. The maximum absolute atomic E-state index is 12.5. The molecule has 24 heavy (non-hydrogen) atoms. The molecule has 0 radical (unpaired) electrons. The van der Waals surface area contributed by atoms with Crippen LogP contribution in [0.4, 0.5) is 18.0 Å². The molecule has 3 rings (SSSR count). The molecule has 1 aromatic carbocycles. The number of imide groups is 1. The van der Waals surface area contributed by atoms with Crippen LogP contribution < -0.4 is 5.32 Å². The highest BCUT2D eigenvalue weighted by atomic mass is 19.4. The van der Waals surface area contributed by atoms with E-state index in [4.69, 9.17) is 0 Å². The molecule has 1 saturated carbocycles. The number of alkyl halides is 3. The Morgan fingerprint density at radius 2 is 1.83 bits per heavy atom. The van der Waals surface area contributed by atoms with Crippen molar-refractivity contribution in [1.29, 1.82) is 0 Å². The van der Waals surface area contributed by atoms with E-state index >= 15 is 0 Å². The van der Waals surface area contributed by atoms with E-state index in [1.807, 2.05) is 0 Å². The number of carbonyl (C=O) groups excluding carboxylic acids is 2.